The molecule has 0 aliphatic carbocycles. The van der Waals surface area contributed by atoms with E-state index in [1.54, 1.807) is 18.0 Å². The molecular weight excluding hydrogens is 320 g/mol. The molecule has 2 aromatic rings. The molecule has 3 rings (SSSR count). The van der Waals surface area contributed by atoms with Gasteiger partial charge in [0.2, 0.25) is 0 Å². The summed E-state index contributed by atoms with van der Waals surface area (Å²) in [4.78, 5) is 15.5. The second-order valence-corrected chi connectivity index (χ2v) is 7.35. The van der Waals surface area contributed by atoms with Gasteiger partial charge < -0.3 is 5.11 Å². The average Bonchev–Trinajstić information content (AvgIpc) is 2.64. The van der Waals surface area contributed by atoms with Gasteiger partial charge in [-0.1, -0.05) is 24.8 Å². The van der Waals surface area contributed by atoms with Crippen LogP contribution in [0.4, 0.5) is 0 Å². The molecule has 1 unspecified atom stereocenters. The van der Waals surface area contributed by atoms with Crippen molar-refractivity contribution in [3.05, 3.63) is 48.0 Å². The maximum absolute atomic E-state index is 10.5. The second-order valence-electron chi connectivity index (χ2n) is 6.12. The van der Waals surface area contributed by atoms with Crippen LogP contribution < -0.4 is 0 Å². The molecule has 0 bridgehead atoms. The number of aromatic nitrogens is 3. The molecule has 1 fully saturated rings. The average molecular weight is 344 g/mol. The quantitative estimate of drug-likeness (QED) is 0.642. The number of nitrogens with zero attached hydrogens (tertiary/aromatic N) is 4. The number of hydrogen-bond donors (Lipinski definition) is 1. The van der Waals surface area contributed by atoms with E-state index in [9.17, 15) is 5.11 Å². The number of likely N-dealkylation sites (tertiary alicyclic amines) is 1. The fourth-order valence-electron chi connectivity index (χ4n) is 3.11. The van der Waals surface area contributed by atoms with Crippen molar-refractivity contribution in [2.24, 2.45) is 5.92 Å². The lowest BCUT2D eigenvalue weighted by Gasteiger charge is -2.33. The smallest absolute Gasteiger partial charge is 0.187 e. The van der Waals surface area contributed by atoms with Gasteiger partial charge in [-0.15, -0.1) is 0 Å². The van der Waals surface area contributed by atoms with E-state index in [1.165, 1.54) is 0 Å². The van der Waals surface area contributed by atoms with Gasteiger partial charge in [0, 0.05) is 30.7 Å². The number of piperidine rings is 1. The zero-order chi connectivity index (χ0) is 16.8. The van der Waals surface area contributed by atoms with Gasteiger partial charge in [-0.2, -0.15) is 0 Å². The summed E-state index contributed by atoms with van der Waals surface area (Å²) in [6.07, 6.45) is 7.13. The van der Waals surface area contributed by atoms with Gasteiger partial charge >= 0.3 is 0 Å². The Morgan fingerprint density at radius 3 is 2.58 bits per heavy atom. The van der Waals surface area contributed by atoms with E-state index in [4.69, 9.17) is 0 Å². The van der Waals surface area contributed by atoms with Crippen molar-refractivity contribution >= 4 is 11.8 Å². The van der Waals surface area contributed by atoms with Gasteiger partial charge in [0.05, 0.1) is 11.8 Å². The van der Waals surface area contributed by atoms with E-state index < -0.39 is 6.10 Å². The van der Waals surface area contributed by atoms with Crippen molar-refractivity contribution in [3.63, 3.8) is 0 Å². The Hall–Kier alpha value is -1.50. The molecule has 3 heterocycles. The van der Waals surface area contributed by atoms with Gasteiger partial charge in [0.1, 0.15) is 0 Å². The lowest BCUT2D eigenvalue weighted by Crippen LogP contribution is -2.35. The number of pyridine rings is 1. The third kappa shape index (κ3) is 4.53. The predicted molar refractivity (Wildman–Crippen MR) is 95.6 cm³/mol. The minimum Gasteiger partial charge on any atom is -0.387 e. The van der Waals surface area contributed by atoms with Crippen molar-refractivity contribution in [3.8, 4) is 0 Å². The lowest BCUT2D eigenvalue weighted by atomic mass is 9.89. The summed E-state index contributed by atoms with van der Waals surface area (Å²) >= 11 is 1.66. The van der Waals surface area contributed by atoms with Gasteiger partial charge in [-0.3, -0.25) is 9.88 Å². The Bertz CT molecular complexity index is 615. The molecule has 0 aromatic carbocycles. The highest BCUT2D eigenvalue weighted by Crippen LogP contribution is 2.30. The first-order valence-electron chi connectivity index (χ1n) is 8.51. The highest BCUT2D eigenvalue weighted by Gasteiger charge is 2.26. The molecular formula is C18H24N4OS. The first-order chi connectivity index (χ1) is 11.8. The third-order valence-electron chi connectivity index (χ3n) is 4.43. The van der Waals surface area contributed by atoms with Gasteiger partial charge in [-0.05, 0) is 49.7 Å². The molecule has 1 N–H and O–H groups in total. The van der Waals surface area contributed by atoms with Crippen LogP contribution in [0.2, 0.25) is 0 Å². The standard InChI is InChI=1S/C18H24N4OS/c1-2-24-18-20-11-14(12-21-18)13-22-9-6-15(7-10-22)17(23)16-5-3-4-8-19-16/h3-5,8,11-12,15,17,23H,2,6-7,9-10,13H2,1H3. The van der Waals surface area contributed by atoms with Crippen LogP contribution in [0, 0.1) is 5.92 Å². The Morgan fingerprint density at radius 1 is 1.21 bits per heavy atom. The van der Waals surface area contributed by atoms with E-state index in [0.29, 0.717) is 0 Å². The SMILES string of the molecule is CCSc1ncc(CN2CCC(C(O)c3ccccn3)CC2)cn1. The molecule has 1 aliphatic rings. The normalized spacial score (nSPS) is 17.8. The highest BCUT2D eigenvalue weighted by molar-refractivity contribution is 7.99. The molecule has 24 heavy (non-hydrogen) atoms. The molecule has 1 atom stereocenters. The maximum Gasteiger partial charge on any atom is 0.187 e. The molecule has 0 saturated carbocycles. The van der Waals surface area contributed by atoms with Crippen LogP contribution in [-0.4, -0.2) is 43.8 Å². The summed E-state index contributed by atoms with van der Waals surface area (Å²) < 4.78 is 0. The molecule has 0 spiro atoms. The molecule has 6 heteroatoms. The zero-order valence-electron chi connectivity index (χ0n) is 14.0. The molecule has 0 radical (unpaired) electrons. The second kappa shape index (κ2) is 8.55. The Balaban J connectivity index is 1.50. The summed E-state index contributed by atoms with van der Waals surface area (Å²) in [6, 6.07) is 5.72. The van der Waals surface area contributed by atoms with E-state index >= 15 is 0 Å². The van der Waals surface area contributed by atoms with Crippen molar-refractivity contribution in [1.82, 2.24) is 19.9 Å². The predicted octanol–water partition coefficient (Wildman–Crippen LogP) is 2.93. The third-order valence-corrected chi connectivity index (χ3v) is 5.19. The number of aliphatic hydroxyl groups excluding tert-OH is 1. The Kier molecular flexibility index (Phi) is 6.18. The van der Waals surface area contributed by atoms with Crippen LogP contribution in [0.5, 0.6) is 0 Å². The highest BCUT2D eigenvalue weighted by atomic mass is 32.2. The van der Waals surface area contributed by atoms with Crippen LogP contribution in [0.3, 0.4) is 0 Å². The Labute approximate surface area is 147 Å². The van der Waals surface area contributed by atoms with Gasteiger partial charge in [-0.25, -0.2) is 9.97 Å². The molecule has 2 aromatic heterocycles. The van der Waals surface area contributed by atoms with Crippen LogP contribution in [0.1, 0.15) is 37.1 Å². The fourth-order valence-corrected chi connectivity index (χ4v) is 3.62. The maximum atomic E-state index is 10.5. The van der Waals surface area contributed by atoms with Crippen LogP contribution in [0.25, 0.3) is 0 Å². The summed E-state index contributed by atoms with van der Waals surface area (Å²) in [7, 11) is 0. The van der Waals surface area contributed by atoms with E-state index in [-0.39, 0.29) is 5.92 Å². The molecule has 5 nitrogen and oxygen atoms in total. The van der Waals surface area contributed by atoms with Crippen molar-refractivity contribution < 1.29 is 5.11 Å². The number of aliphatic hydroxyl groups is 1. The van der Waals surface area contributed by atoms with Crippen molar-refractivity contribution in [2.45, 2.75) is 37.6 Å². The fraction of sp³-hybridized carbons (Fsp3) is 0.500. The first-order valence-corrected chi connectivity index (χ1v) is 9.50. The molecule has 1 saturated heterocycles. The zero-order valence-corrected chi connectivity index (χ0v) is 14.8. The number of thioether (sulfide) groups is 1. The summed E-state index contributed by atoms with van der Waals surface area (Å²) in [6.45, 7) is 4.95. The van der Waals surface area contributed by atoms with Crippen molar-refractivity contribution in [1.29, 1.82) is 0 Å². The Morgan fingerprint density at radius 2 is 1.96 bits per heavy atom. The molecule has 128 valence electrons. The first kappa shape index (κ1) is 17.3. The van der Waals surface area contributed by atoms with Crippen LogP contribution >= 0.6 is 11.8 Å². The van der Waals surface area contributed by atoms with E-state index in [0.717, 1.165) is 54.6 Å². The van der Waals surface area contributed by atoms with Crippen LogP contribution in [-0.2, 0) is 6.54 Å². The largest absolute Gasteiger partial charge is 0.387 e. The topological polar surface area (TPSA) is 62.1 Å². The van der Waals surface area contributed by atoms with E-state index in [1.807, 2.05) is 30.6 Å². The summed E-state index contributed by atoms with van der Waals surface area (Å²) in [5, 5.41) is 11.3. The number of hydrogen-bond acceptors (Lipinski definition) is 6. The number of rotatable bonds is 6. The van der Waals surface area contributed by atoms with Crippen molar-refractivity contribution in [2.75, 3.05) is 18.8 Å². The lowest BCUT2D eigenvalue weighted by molar-refractivity contribution is 0.0539. The van der Waals surface area contributed by atoms with Gasteiger partial charge in [0.15, 0.2) is 5.16 Å². The van der Waals surface area contributed by atoms with Gasteiger partial charge in [0.25, 0.3) is 0 Å². The summed E-state index contributed by atoms with van der Waals surface area (Å²) in [5.41, 5.74) is 1.94. The molecule has 0 amide bonds. The minimum atomic E-state index is -0.456. The molecule has 1 aliphatic heterocycles. The van der Waals surface area contributed by atoms with E-state index in [2.05, 4.69) is 26.8 Å². The monoisotopic (exact) mass is 344 g/mol. The summed E-state index contributed by atoms with van der Waals surface area (Å²) in [5.74, 6) is 1.28. The van der Waals surface area contributed by atoms with Crippen LogP contribution in [0.15, 0.2) is 41.9 Å². The minimum absolute atomic E-state index is 0.288.